The van der Waals surface area contributed by atoms with E-state index in [0.717, 1.165) is 85.6 Å². The summed E-state index contributed by atoms with van der Waals surface area (Å²) >= 11 is 0. The van der Waals surface area contributed by atoms with Crippen molar-refractivity contribution in [1.29, 1.82) is 0 Å². The summed E-state index contributed by atoms with van der Waals surface area (Å²) in [4.78, 5) is 38.8. The van der Waals surface area contributed by atoms with Crippen LogP contribution < -0.4 is 5.32 Å². The largest absolute Gasteiger partial charge is 0.383 e. The number of amides is 1. The number of H-pyrrole nitrogens is 1. The van der Waals surface area contributed by atoms with Crippen LogP contribution in [-0.2, 0) is 22.5 Å². The molecule has 0 spiro atoms. The van der Waals surface area contributed by atoms with E-state index in [-0.39, 0.29) is 17.9 Å². The van der Waals surface area contributed by atoms with Gasteiger partial charge in [-0.1, -0.05) is 17.3 Å². The number of aromatic nitrogens is 3. The quantitative estimate of drug-likeness (QED) is 0.442. The summed E-state index contributed by atoms with van der Waals surface area (Å²) in [6, 6.07) is 9.73. The molecule has 5 rings (SSSR count). The zero-order valence-corrected chi connectivity index (χ0v) is 20.6. The zero-order valence-electron chi connectivity index (χ0n) is 20.6. The van der Waals surface area contributed by atoms with Gasteiger partial charge in [-0.2, -0.15) is 4.91 Å². The Morgan fingerprint density at radius 3 is 2.72 bits per heavy atom. The topological polar surface area (TPSA) is 113 Å². The Bertz CT molecular complexity index is 1200. The number of piperidine rings is 1. The Hall–Kier alpha value is -3.43. The van der Waals surface area contributed by atoms with Crippen molar-refractivity contribution in [3.05, 3.63) is 64.6 Å². The number of rotatable bonds is 9. The summed E-state index contributed by atoms with van der Waals surface area (Å²) in [5.41, 5.74) is 5.81. The van der Waals surface area contributed by atoms with Gasteiger partial charge in [0, 0.05) is 43.1 Å². The molecule has 9 nitrogen and oxygen atoms in total. The number of benzene rings is 1. The van der Waals surface area contributed by atoms with Gasteiger partial charge in [0.25, 0.3) is 0 Å². The molecule has 0 bridgehead atoms. The monoisotopic (exact) mass is 488 g/mol. The number of aryl methyl sites for hydroxylation is 1. The van der Waals surface area contributed by atoms with Crippen LogP contribution in [0, 0.1) is 10.8 Å². The van der Waals surface area contributed by atoms with E-state index in [0.29, 0.717) is 12.4 Å². The lowest BCUT2D eigenvalue weighted by Gasteiger charge is -2.30. The van der Waals surface area contributed by atoms with Crippen molar-refractivity contribution in [3.63, 3.8) is 0 Å². The number of methoxy groups -OCH3 is 1. The number of carbonyl (C=O) groups is 1. The van der Waals surface area contributed by atoms with Crippen molar-refractivity contribution in [2.24, 2.45) is 11.1 Å². The third kappa shape index (κ3) is 5.22. The predicted octanol–water partition coefficient (Wildman–Crippen LogP) is 3.87. The number of likely N-dealkylation sites (tertiary alicyclic amines) is 1. The lowest BCUT2D eigenvalue weighted by atomic mass is 9.96. The number of fused-ring (bicyclic) bond motifs is 1. The van der Waals surface area contributed by atoms with Gasteiger partial charge >= 0.3 is 0 Å². The first-order valence-corrected chi connectivity index (χ1v) is 12.6. The minimum Gasteiger partial charge on any atom is -0.383 e. The Morgan fingerprint density at radius 1 is 1.17 bits per heavy atom. The standard InChI is InChI=1S/C27H32N6O3/c1-36-15-14-33-12-8-19(9-13-33)27(34)29-17-24-30-25(18-6-10-28-11-7-18)26(31-24)21-2-4-22-20(16-21)3-5-23(22)32-35/h2,4,6-7,10-11,16,19,23H,3,5,8-9,12-15,17H2,1H3,(H,29,34)(H,30,31). The van der Waals surface area contributed by atoms with Crippen LogP contribution in [0.1, 0.15) is 42.3 Å². The molecular formula is C27H32N6O3. The lowest BCUT2D eigenvalue weighted by molar-refractivity contribution is -0.126. The number of imidazole rings is 1. The zero-order chi connectivity index (χ0) is 24.9. The molecule has 3 aromatic rings. The fourth-order valence-electron chi connectivity index (χ4n) is 5.25. The van der Waals surface area contributed by atoms with Gasteiger partial charge in [-0.3, -0.25) is 9.78 Å². The molecule has 36 heavy (non-hydrogen) atoms. The second-order valence-electron chi connectivity index (χ2n) is 9.54. The van der Waals surface area contributed by atoms with Crippen LogP contribution in [0.15, 0.2) is 47.9 Å². The van der Waals surface area contributed by atoms with Crippen LogP contribution >= 0.6 is 0 Å². The van der Waals surface area contributed by atoms with Gasteiger partial charge in [0.05, 0.1) is 24.5 Å². The molecule has 1 atom stereocenters. The Labute approximate surface area is 210 Å². The van der Waals surface area contributed by atoms with E-state index in [4.69, 9.17) is 9.72 Å². The van der Waals surface area contributed by atoms with Gasteiger partial charge in [0.2, 0.25) is 5.91 Å². The second-order valence-corrected chi connectivity index (χ2v) is 9.54. The van der Waals surface area contributed by atoms with Crippen molar-refractivity contribution in [3.8, 4) is 22.5 Å². The number of aromatic amines is 1. The van der Waals surface area contributed by atoms with Crippen molar-refractivity contribution in [1.82, 2.24) is 25.2 Å². The minimum atomic E-state index is -0.259. The van der Waals surface area contributed by atoms with E-state index in [1.807, 2.05) is 24.3 Å². The maximum atomic E-state index is 12.9. The number of hydrogen-bond donors (Lipinski definition) is 2. The molecule has 1 aromatic carbocycles. The summed E-state index contributed by atoms with van der Waals surface area (Å²) < 4.78 is 5.16. The van der Waals surface area contributed by atoms with Crippen LogP contribution in [0.25, 0.3) is 22.5 Å². The summed E-state index contributed by atoms with van der Waals surface area (Å²) in [6.45, 7) is 3.79. The third-order valence-corrected chi connectivity index (χ3v) is 7.31. The van der Waals surface area contributed by atoms with Gasteiger partial charge in [-0.05, 0) is 68.1 Å². The smallest absolute Gasteiger partial charge is 0.223 e. The highest BCUT2D eigenvalue weighted by atomic mass is 16.5. The number of ether oxygens (including phenoxy) is 1. The summed E-state index contributed by atoms with van der Waals surface area (Å²) in [5, 5.41) is 6.36. The number of nitrogens with zero attached hydrogens (tertiary/aromatic N) is 4. The molecule has 188 valence electrons. The van der Waals surface area contributed by atoms with E-state index in [2.05, 4.69) is 31.4 Å². The molecule has 0 radical (unpaired) electrons. The minimum absolute atomic E-state index is 0.0222. The number of pyridine rings is 1. The summed E-state index contributed by atoms with van der Waals surface area (Å²) in [6.07, 6.45) is 6.80. The fraction of sp³-hybridized carbons (Fsp3) is 0.444. The molecule has 2 aliphatic rings. The van der Waals surface area contributed by atoms with Gasteiger partial charge < -0.3 is 19.9 Å². The van der Waals surface area contributed by atoms with E-state index >= 15 is 0 Å². The molecule has 2 aromatic heterocycles. The molecule has 1 aliphatic carbocycles. The fourth-order valence-corrected chi connectivity index (χ4v) is 5.25. The van der Waals surface area contributed by atoms with E-state index in [9.17, 15) is 9.70 Å². The highest BCUT2D eigenvalue weighted by Gasteiger charge is 2.26. The van der Waals surface area contributed by atoms with E-state index in [1.54, 1.807) is 19.5 Å². The van der Waals surface area contributed by atoms with Gasteiger partial charge in [0.1, 0.15) is 11.9 Å². The number of hydrogen-bond acceptors (Lipinski definition) is 7. The molecule has 3 heterocycles. The highest BCUT2D eigenvalue weighted by Crippen LogP contribution is 2.38. The summed E-state index contributed by atoms with van der Waals surface area (Å²) in [5.74, 6) is 0.805. The first-order chi connectivity index (χ1) is 17.7. The molecule has 1 amide bonds. The number of nitrogens with one attached hydrogen (secondary N) is 2. The number of carbonyl (C=O) groups excluding carboxylic acids is 1. The SMILES string of the molecule is COCCN1CCC(C(=O)NCc2nc(-c3ccc4c(c3)CCC4N=O)c(-c3ccncc3)[nH]2)CC1. The lowest BCUT2D eigenvalue weighted by Crippen LogP contribution is -2.41. The van der Waals surface area contributed by atoms with Gasteiger partial charge in [-0.25, -0.2) is 4.98 Å². The van der Waals surface area contributed by atoms with Crippen LogP contribution in [0.4, 0.5) is 0 Å². The normalized spacial score (nSPS) is 18.2. The van der Waals surface area contributed by atoms with E-state index in [1.165, 1.54) is 0 Å². The van der Waals surface area contributed by atoms with Crippen LogP contribution in [0.3, 0.4) is 0 Å². The van der Waals surface area contributed by atoms with Crippen molar-refractivity contribution >= 4 is 5.91 Å². The van der Waals surface area contributed by atoms with Crippen LogP contribution in [0.2, 0.25) is 0 Å². The maximum absolute atomic E-state index is 12.9. The first-order valence-electron chi connectivity index (χ1n) is 12.6. The molecule has 1 saturated heterocycles. The predicted molar refractivity (Wildman–Crippen MR) is 137 cm³/mol. The molecule has 1 unspecified atom stereocenters. The number of nitroso groups, excluding NO2 is 1. The van der Waals surface area contributed by atoms with Crippen molar-refractivity contribution in [2.45, 2.75) is 38.3 Å². The summed E-state index contributed by atoms with van der Waals surface area (Å²) in [7, 11) is 1.71. The average Bonchev–Trinajstić information content (AvgIpc) is 3.55. The Balaban J connectivity index is 1.31. The third-order valence-electron chi connectivity index (χ3n) is 7.31. The molecule has 9 heteroatoms. The maximum Gasteiger partial charge on any atom is 0.223 e. The molecule has 0 saturated carbocycles. The molecule has 2 N–H and O–H groups in total. The Kier molecular flexibility index (Phi) is 7.48. The van der Waals surface area contributed by atoms with Crippen molar-refractivity contribution in [2.75, 3.05) is 33.4 Å². The second kappa shape index (κ2) is 11.1. The first kappa shape index (κ1) is 24.3. The Morgan fingerprint density at radius 2 is 1.97 bits per heavy atom. The van der Waals surface area contributed by atoms with Crippen molar-refractivity contribution < 1.29 is 9.53 Å². The molecular weight excluding hydrogens is 456 g/mol. The van der Waals surface area contributed by atoms with Gasteiger partial charge in [-0.15, -0.1) is 0 Å². The van der Waals surface area contributed by atoms with E-state index < -0.39 is 0 Å². The molecule has 1 aliphatic heterocycles. The van der Waals surface area contributed by atoms with Crippen LogP contribution in [-0.4, -0.2) is 59.1 Å². The highest BCUT2D eigenvalue weighted by molar-refractivity contribution is 5.80. The van der Waals surface area contributed by atoms with Gasteiger partial charge in [0.15, 0.2) is 0 Å². The van der Waals surface area contributed by atoms with Crippen LogP contribution in [0.5, 0.6) is 0 Å². The average molecular weight is 489 g/mol. The molecule has 1 fully saturated rings.